The molecule has 3 N–H and O–H groups in total. The average Bonchev–Trinajstić information content (AvgIpc) is 3.15. The number of nitrogens with zero attached hydrogens (tertiary/aromatic N) is 2. The minimum absolute atomic E-state index is 0.0369. The predicted molar refractivity (Wildman–Crippen MR) is 122 cm³/mol. The summed E-state index contributed by atoms with van der Waals surface area (Å²) in [5, 5.41) is 15.7. The van der Waals surface area contributed by atoms with Gasteiger partial charge in [0.05, 0.1) is 37.9 Å². The number of benzene rings is 1. The van der Waals surface area contributed by atoms with Gasteiger partial charge in [-0.2, -0.15) is 0 Å². The van der Waals surface area contributed by atoms with Crippen LogP contribution in [-0.4, -0.2) is 72.4 Å². The van der Waals surface area contributed by atoms with Gasteiger partial charge in [0.15, 0.2) is 0 Å². The monoisotopic (exact) mass is 454 g/mol. The first kappa shape index (κ1) is 23.2. The summed E-state index contributed by atoms with van der Waals surface area (Å²) in [6, 6.07) is 11.1. The van der Waals surface area contributed by atoms with E-state index < -0.39 is 6.10 Å². The van der Waals surface area contributed by atoms with Crippen molar-refractivity contribution in [2.24, 2.45) is 0 Å². The number of rotatable bonds is 8. The molecule has 0 unspecified atom stereocenters. The second-order valence-electron chi connectivity index (χ2n) is 8.74. The number of carbonyl (C=O) groups is 2. The lowest BCUT2D eigenvalue weighted by atomic mass is 9.84. The number of ether oxygens (including phenoxy) is 2. The number of fused-ring (bicyclic) bond motifs is 3. The van der Waals surface area contributed by atoms with Crippen LogP contribution in [0.4, 0.5) is 5.69 Å². The number of aliphatic hydroxyl groups is 1. The molecular weight excluding hydrogens is 424 g/mol. The maximum Gasteiger partial charge on any atom is 0.238 e. The summed E-state index contributed by atoms with van der Waals surface area (Å²) < 4.78 is 12.1. The Hall–Kier alpha value is -3.01. The summed E-state index contributed by atoms with van der Waals surface area (Å²) in [5.41, 5.74) is 2.44. The quantitative estimate of drug-likeness (QED) is 0.551. The number of likely N-dealkylation sites (N-methyl/N-ethyl adjacent to an activating group) is 1. The first-order valence-corrected chi connectivity index (χ1v) is 11.1. The third-order valence-corrected chi connectivity index (χ3v) is 5.85. The molecule has 1 aromatic heterocycles. The molecule has 1 saturated heterocycles. The lowest BCUT2D eigenvalue weighted by molar-refractivity contribution is -0.142. The van der Waals surface area contributed by atoms with Crippen LogP contribution in [0.25, 0.3) is 0 Å². The molecule has 0 spiro atoms. The number of carbonyl (C=O) groups excluding carboxylic acids is 2. The van der Waals surface area contributed by atoms with Gasteiger partial charge in [0.25, 0.3) is 0 Å². The van der Waals surface area contributed by atoms with E-state index in [0.29, 0.717) is 18.7 Å². The zero-order chi connectivity index (χ0) is 23.4. The Bertz CT molecular complexity index is 984. The van der Waals surface area contributed by atoms with Gasteiger partial charge < -0.3 is 30.1 Å². The Labute approximate surface area is 193 Å². The molecule has 176 valence electrons. The van der Waals surface area contributed by atoms with Crippen LogP contribution in [0.1, 0.15) is 30.0 Å². The first-order chi connectivity index (χ1) is 15.9. The van der Waals surface area contributed by atoms with Crippen LogP contribution >= 0.6 is 0 Å². The predicted octanol–water partition coefficient (Wildman–Crippen LogP) is 1.28. The molecule has 0 saturated carbocycles. The molecule has 0 radical (unpaired) electrons. The van der Waals surface area contributed by atoms with Crippen LogP contribution in [0.15, 0.2) is 42.6 Å². The third-order valence-electron chi connectivity index (χ3n) is 5.85. The molecule has 0 aliphatic carbocycles. The van der Waals surface area contributed by atoms with Crippen molar-refractivity contribution in [2.75, 3.05) is 32.6 Å². The number of pyridine rings is 1. The fourth-order valence-corrected chi connectivity index (χ4v) is 4.43. The van der Waals surface area contributed by atoms with Gasteiger partial charge in [0, 0.05) is 23.4 Å². The number of amides is 2. The van der Waals surface area contributed by atoms with Crippen LogP contribution in [-0.2, 0) is 20.9 Å². The summed E-state index contributed by atoms with van der Waals surface area (Å²) in [6.45, 7) is 0.438. The average molecular weight is 455 g/mol. The van der Waals surface area contributed by atoms with E-state index in [-0.39, 0.29) is 49.5 Å². The maximum atomic E-state index is 12.5. The van der Waals surface area contributed by atoms with Crippen molar-refractivity contribution in [3.05, 3.63) is 53.9 Å². The molecular formula is C24H30N4O5. The number of hydrogen-bond donors (Lipinski definition) is 3. The number of aromatic nitrogens is 1. The second kappa shape index (κ2) is 10.3. The summed E-state index contributed by atoms with van der Waals surface area (Å²) in [5.74, 6) is 0.450. The van der Waals surface area contributed by atoms with Crippen molar-refractivity contribution >= 4 is 17.5 Å². The van der Waals surface area contributed by atoms with E-state index in [1.54, 1.807) is 17.2 Å². The molecule has 9 heteroatoms. The van der Waals surface area contributed by atoms with Crippen molar-refractivity contribution < 1.29 is 24.2 Å². The van der Waals surface area contributed by atoms with Gasteiger partial charge in [-0.1, -0.05) is 6.07 Å². The van der Waals surface area contributed by atoms with E-state index in [9.17, 15) is 14.7 Å². The molecule has 2 aliphatic heterocycles. The van der Waals surface area contributed by atoms with Crippen molar-refractivity contribution in [3.63, 3.8) is 0 Å². The molecule has 2 aromatic rings. The Morgan fingerprint density at radius 3 is 2.79 bits per heavy atom. The van der Waals surface area contributed by atoms with Crippen LogP contribution < -0.4 is 15.4 Å². The maximum absolute atomic E-state index is 12.5. The molecule has 0 bridgehead atoms. The largest absolute Gasteiger partial charge is 0.487 e. The van der Waals surface area contributed by atoms with Gasteiger partial charge >= 0.3 is 0 Å². The topological polar surface area (TPSA) is 113 Å². The highest BCUT2D eigenvalue weighted by Crippen LogP contribution is 2.47. The van der Waals surface area contributed by atoms with E-state index in [0.717, 1.165) is 17.0 Å². The van der Waals surface area contributed by atoms with Gasteiger partial charge in [-0.05, 0) is 50.8 Å². The second-order valence-corrected chi connectivity index (χ2v) is 8.74. The highest BCUT2D eigenvalue weighted by Gasteiger charge is 2.46. The molecule has 4 atom stereocenters. The zero-order valence-corrected chi connectivity index (χ0v) is 18.9. The minimum Gasteiger partial charge on any atom is -0.487 e. The van der Waals surface area contributed by atoms with Gasteiger partial charge in [-0.3, -0.25) is 14.6 Å². The normalized spacial score (nSPS) is 23.4. The zero-order valence-electron chi connectivity index (χ0n) is 18.9. The van der Waals surface area contributed by atoms with E-state index in [1.807, 2.05) is 44.4 Å². The summed E-state index contributed by atoms with van der Waals surface area (Å²) in [6.07, 6.45) is 1.24. The van der Waals surface area contributed by atoms with Crippen LogP contribution in [0, 0.1) is 0 Å². The molecule has 1 fully saturated rings. The first-order valence-electron chi connectivity index (χ1n) is 11.1. The summed E-state index contributed by atoms with van der Waals surface area (Å²) in [4.78, 5) is 30.7. The molecule has 2 amide bonds. The van der Waals surface area contributed by atoms with Gasteiger partial charge in [0.2, 0.25) is 11.8 Å². The van der Waals surface area contributed by atoms with Crippen LogP contribution in [0.5, 0.6) is 5.75 Å². The third kappa shape index (κ3) is 5.68. The Balaban J connectivity index is 1.42. The van der Waals surface area contributed by atoms with Crippen molar-refractivity contribution in [1.82, 2.24) is 15.2 Å². The SMILES string of the molecule is CN(C)CC(=O)Nc1ccc2c(c1)[C@H]1C[C@@H](CC(=O)NCc3ccccn3)O[C@H](CO)[C@H]1O2. The Kier molecular flexibility index (Phi) is 7.22. The summed E-state index contributed by atoms with van der Waals surface area (Å²) in [7, 11) is 3.68. The van der Waals surface area contributed by atoms with Crippen molar-refractivity contribution in [3.8, 4) is 5.75 Å². The van der Waals surface area contributed by atoms with E-state index >= 15 is 0 Å². The lowest BCUT2D eigenvalue weighted by Crippen LogP contribution is -2.47. The molecule has 33 heavy (non-hydrogen) atoms. The number of anilines is 1. The minimum atomic E-state index is -0.531. The van der Waals surface area contributed by atoms with Crippen LogP contribution in [0.2, 0.25) is 0 Å². The van der Waals surface area contributed by atoms with Gasteiger partial charge in [-0.25, -0.2) is 0 Å². The van der Waals surface area contributed by atoms with E-state index in [4.69, 9.17) is 9.47 Å². The fourth-order valence-electron chi connectivity index (χ4n) is 4.43. The Morgan fingerprint density at radius 2 is 2.06 bits per heavy atom. The fraction of sp³-hybridized carbons (Fsp3) is 0.458. The summed E-state index contributed by atoms with van der Waals surface area (Å²) >= 11 is 0. The highest BCUT2D eigenvalue weighted by atomic mass is 16.6. The van der Waals surface area contributed by atoms with E-state index in [1.165, 1.54) is 0 Å². The van der Waals surface area contributed by atoms with Crippen LogP contribution in [0.3, 0.4) is 0 Å². The molecule has 3 heterocycles. The highest BCUT2D eigenvalue weighted by molar-refractivity contribution is 5.92. The Morgan fingerprint density at radius 1 is 1.21 bits per heavy atom. The van der Waals surface area contributed by atoms with Crippen molar-refractivity contribution in [1.29, 1.82) is 0 Å². The number of nitrogens with one attached hydrogen (secondary N) is 2. The molecule has 9 nitrogen and oxygen atoms in total. The van der Waals surface area contributed by atoms with Gasteiger partial charge in [-0.15, -0.1) is 0 Å². The molecule has 1 aromatic carbocycles. The lowest BCUT2D eigenvalue weighted by Gasteiger charge is -2.37. The molecule has 2 aliphatic rings. The smallest absolute Gasteiger partial charge is 0.238 e. The standard InChI is InChI=1S/C24H30N4O5/c1-28(2)13-23(31)27-15-6-7-20-18(9-15)19-10-17(32-21(14-29)24(19)33-20)11-22(30)26-12-16-5-3-4-8-25-16/h3-9,17,19,21,24,29H,10-14H2,1-2H3,(H,26,30)(H,27,31)/t17-,19+,21+,24-/m0/s1. The number of hydrogen-bond acceptors (Lipinski definition) is 7. The van der Waals surface area contributed by atoms with Gasteiger partial charge in [0.1, 0.15) is 18.0 Å². The van der Waals surface area contributed by atoms with Crippen molar-refractivity contribution in [2.45, 2.75) is 43.6 Å². The molecule has 4 rings (SSSR count). The number of aliphatic hydroxyl groups excluding tert-OH is 1. The van der Waals surface area contributed by atoms with E-state index in [2.05, 4.69) is 15.6 Å².